The van der Waals surface area contributed by atoms with E-state index in [1.807, 2.05) is 24.3 Å². The number of sulfone groups is 1. The summed E-state index contributed by atoms with van der Waals surface area (Å²) in [6, 6.07) is 18.5. The highest BCUT2D eigenvalue weighted by molar-refractivity contribution is 7.90. The average molecular weight is 490 g/mol. The molecule has 3 aromatic rings. The Bertz CT molecular complexity index is 1160. The minimum atomic E-state index is -2.95. The number of likely N-dealkylation sites (N-methyl/N-ethyl adjacent to an activating group) is 1. The van der Waals surface area contributed by atoms with Crippen LogP contribution < -0.4 is 9.64 Å². The molecule has 1 aromatic heterocycles. The maximum absolute atomic E-state index is 11.2. The van der Waals surface area contributed by atoms with Crippen LogP contribution in [-0.2, 0) is 9.84 Å². The molecule has 2 aromatic carbocycles. The lowest BCUT2D eigenvalue weighted by Gasteiger charge is -2.35. The van der Waals surface area contributed by atoms with Gasteiger partial charge in [0.25, 0.3) is 0 Å². The fraction of sp³-hybridized carbons (Fsp3) is 0.400. The van der Waals surface area contributed by atoms with Crippen LogP contribution in [0.15, 0.2) is 54.6 Å². The summed E-state index contributed by atoms with van der Waals surface area (Å²) in [6.45, 7) is 7.76. The van der Waals surface area contributed by atoms with E-state index in [9.17, 15) is 8.42 Å². The van der Waals surface area contributed by atoms with Crippen LogP contribution in [-0.4, -0.2) is 69.6 Å². The third kappa shape index (κ3) is 6.59. The first kappa shape index (κ1) is 25.3. The van der Waals surface area contributed by atoms with E-state index in [0.29, 0.717) is 13.0 Å². The largest absolute Gasteiger partial charge is 0.494 e. The fourth-order valence-electron chi connectivity index (χ4n) is 4.08. The van der Waals surface area contributed by atoms with Gasteiger partial charge in [-0.2, -0.15) is 0 Å². The predicted molar refractivity (Wildman–Crippen MR) is 139 cm³/mol. The van der Waals surface area contributed by atoms with Crippen LogP contribution in [0, 0.1) is 0 Å². The van der Waals surface area contributed by atoms with E-state index in [2.05, 4.69) is 47.1 Å². The zero-order valence-corrected chi connectivity index (χ0v) is 20.9. The molecule has 0 atom stereocenters. The van der Waals surface area contributed by atoms with Gasteiger partial charge in [-0.3, -0.25) is 0 Å². The number of halogens is 1. The third-order valence-electron chi connectivity index (χ3n) is 5.92. The Balaban J connectivity index is 0.00000306. The van der Waals surface area contributed by atoms with E-state index in [-0.39, 0.29) is 18.2 Å². The van der Waals surface area contributed by atoms with Crippen molar-refractivity contribution in [1.82, 2.24) is 9.88 Å². The average Bonchev–Trinajstić information content (AvgIpc) is 2.81. The Hall–Kier alpha value is -2.35. The Kier molecular flexibility index (Phi) is 8.57. The number of hydrogen-bond acceptors (Lipinski definition) is 6. The molecule has 0 amide bonds. The number of nitrogens with zero attached hydrogens (tertiary/aromatic N) is 3. The number of anilines is 1. The third-order valence-corrected chi connectivity index (χ3v) is 6.95. The van der Waals surface area contributed by atoms with Gasteiger partial charge < -0.3 is 14.5 Å². The van der Waals surface area contributed by atoms with Crippen molar-refractivity contribution in [2.24, 2.45) is 0 Å². The quantitative estimate of drug-likeness (QED) is 0.440. The topological polar surface area (TPSA) is 62.7 Å². The van der Waals surface area contributed by atoms with Gasteiger partial charge in [-0.15, -0.1) is 12.4 Å². The summed E-state index contributed by atoms with van der Waals surface area (Å²) >= 11 is 0. The standard InChI is InChI=1S/C25H31N3O3S.ClH/c1-3-27-13-15-28(16-14-27)25-23-8-5-4-7-21(23)19-24(26-25)20-9-11-22(12-10-20)31-17-6-18-32(2,29)30;/h4-5,7-12,19H,3,6,13-18H2,1-2H3;1H. The highest BCUT2D eigenvalue weighted by Crippen LogP contribution is 2.31. The van der Waals surface area contributed by atoms with Crippen molar-refractivity contribution in [1.29, 1.82) is 0 Å². The molecule has 178 valence electrons. The lowest BCUT2D eigenvalue weighted by molar-refractivity contribution is 0.271. The summed E-state index contributed by atoms with van der Waals surface area (Å²) in [4.78, 5) is 9.95. The SMILES string of the molecule is CCN1CCN(c2nc(-c3ccc(OCCCS(C)(=O)=O)cc3)cc3ccccc23)CC1.Cl. The zero-order valence-electron chi connectivity index (χ0n) is 19.2. The van der Waals surface area contributed by atoms with Crippen molar-refractivity contribution in [2.45, 2.75) is 13.3 Å². The van der Waals surface area contributed by atoms with E-state index in [4.69, 9.17) is 9.72 Å². The van der Waals surface area contributed by atoms with Crippen LogP contribution in [0.1, 0.15) is 13.3 Å². The van der Waals surface area contributed by atoms with Crippen LogP contribution in [0.5, 0.6) is 5.75 Å². The Morgan fingerprint density at radius 3 is 2.36 bits per heavy atom. The van der Waals surface area contributed by atoms with Gasteiger partial charge in [0.05, 0.1) is 18.1 Å². The number of piperazine rings is 1. The first-order valence-electron chi connectivity index (χ1n) is 11.2. The number of benzene rings is 2. The van der Waals surface area contributed by atoms with Gasteiger partial charge in [0.15, 0.2) is 0 Å². The van der Waals surface area contributed by atoms with Gasteiger partial charge in [0.2, 0.25) is 0 Å². The summed E-state index contributed by atoms with van der Waals surface area (Å²) in [6.07, 6.45) is 1.73. The summed E-state index contributed by atoms with van der Waals surface area (Å²) < 4.78 is 28.2. The van der Waals surface area contributed by atoms with Gasteiger partial charge in [0, 0.05) is 43.4 Å². The van der Waals surface area contributed by atoms with Gasteiger partial charge in [-0.1, -0.05) is 31.2 Å². The second-order valence-corrected chi connectivity index (χ2v) is 10.6. The molecule has 0 N–H and O–H groups in total. The second-order valence-electron chi connectivity index (χ2n) is 8.33. The van der Waals surface area contributed by atoms with Crippen LogP contribution >= 0.6 is 12.4 Å². The molecule has 0 bridgehead atoms. The lowest BCUT2D eigenvalue weighted by Crippen LogP contribution is -2.46. The van der Waals surface area contributed by atoms with Crippen LogP contribution in [0.3, 0.4) is 0 Å². The van der Waals surface area contributed by atoms with E-state index in [0.717, 1.165) is 55.5 Å². The summed E-state index contributed by atoms with van der Waals surface area (Å²) in [7, 11) is -2.95. The van der Waals surface area contributed by atoms with Gasteiger partial charge in [0.1, 0.15) is 21.4 Å². The number of ether oxygens (including phenoxy) is 1. The number of hydrogen-bond donors (Lipinski definition) is 0. The van der Waals surface area contributed by atoms with Crippen molar-refractivity contribution in [3.63, 3.8) is 0 Å². The molecule has 0 aliphatic carbocycles. The molecule has 1 aliphatic heterocycles. The molecule has 0 unspecified atom stereocenters. The predicted octanol–water partition coefficient (Wildman–Crippen LogP) is 4.28. The smallest absolute Gasteiger partial charge is 0.147 e. The number of rotatable bonds is 8. The minimum Gasteiger partial charge on any atom is -0.494 e. The van der Waals surface area contributed by atoms with Crippen molar-refractivity contribution in [2.75, 3.05) is 56.2 Å². The van der Waals surface area contributed by atoms with E-state index in [1.54, 1.807) is 0 Å². The van der Waals surface area contributed by atoms with Gasteiger partial charge in [-0.05, 0) is 48.7 Å². The zero-order chi connectivity index (χ0) is 22.6. The summed E-state index contributed by atoms with van der Waals surface area (Å²) in [5.41, 5.74) is 1.98. The number of pyridine rings is 1. The molecular weight excluding hydrogens is 458 g/mol. The Morgan fingerprint density at radius 2 is 1.70 bits per heavy atom. The number of fused-ring (bicyclic) bond motifs is 1. The molecule has 0 saturated carbocycles. The fourth-order valence-corrected chi connectivity index (χ4v) is 4.72. The van der Waals surface area contributed by atoms with Crippen molar-refractivity contribution < 1.29 is 13.2 Å². The van der Waals surface area contributed by atoms with Gasteiger partial charge >= 0.3 is 0 Å². The molecule has 1 aliphatic rings. The molecule has 33 heavy (non-hydrogen) atoms. The molecule has 6 nitrogen and oxygen atoms in total. The normalized spacial score (nSPS) is 14.8. The van der Waals surface area contributed by atoms with E-state index in [1.165, 1.54) is 17.0 Å². The molecule has 0 spiro atoms. The Morgan fingerprint density at radius 1 is 1.00 bits per heavy atom. The molecule has 4 rings (SSSR count). The van der Waals surface area contributed by atoms with Crippen LogP contribution in [0.4, 0.5) is 5.82 Å². The molecule has 1 saturated heterocycles. The van der Waals surface area contributed by atoms with Crippen molar-refractivity contribution in [3.05, 3.63) is 54.6 Å². The minimum absolute atomic E-state index is 0. The van der Waals surface area contributed by atoms with E-state index < -0.39 is 9.84 Å². The van der Waals surface area contributed by atoms with Crippen molar-refractivity contribution >= 4 is 38.8 Å². The maximum atomic E-state index is 11.2. The number of aromatic nitrogens is 1. The summed E-state index contributed by atoms with van der Waals surface area (Å²) in [5.74, 6) is 1.93. The van der Waals surface area contributed by atoms with Gasteiger partial charge in [-0.25, -0.2) is 13.4 Å². The molecule has 8 heteroatoms. The van der Waals surface area contributed by atoms with Crippen LogP contribution in [0.2, 0.25) is 0 Å². The molecule has 0 radical (unpaired) electrons. The lowest BCUT2D eigenvalue weighted by atomic mass is 10.1. The first-order chi connectivity index (χ1) is 15.4. The molecule has 1 fully saturated rings. The highest BCUT2D eigenvalue weighted by atomic mass is 35.5. The van der Waals surface area contributed by atoms with Crippen molar-refractivity contribution in [3.8, 4) is 17.0 Å². The monoisotopic (exact) mass is 489 g/mol. The second kappa shape index (κ2) is 11.2. The highest BCUT2D eigenvalue weighted by Gasteiger charge is 2.19. The van der Waals surface area contributed by atoms with E-state index >= 15 is 0 Å². The first-order valence-corrected chi connectivity index (χ1v) is 13.3. The summed E-state index contributed by atoms with van der Waals surface area (Å²) in [5, 5.41) is 2.37. The Labute approximate surface area is 202 Å². The maximum Gasteiger partial charge on any atom is 0.147 e. The molecule has 2 heterocycles. The molecular formula is C25H32ClN3O3S. The van der Waals surface area contributed by atoms with Crippen LogP contribution in [0.25, 0.3) is 22.0 Å².